The molecule has 0 bridgehead atoms. The van der Waals surface area contributed by atoms with Crippen molar-refractivity contribution in [1.29, 1.82) is 0 Å². The molecule has 0 spiro atoms. The fourth-order valence-electron chi connectivity index (χ4n) is 1.99. The Labute approximate surface area is 112 Å². The molecule has 0 aliphatic carbocycles. The van der Waals surface area contributed by atoms with Crippen LogP contribution in [0.1, 0.15) is 49.7 Å². The summed E-state index contributed by atoms with van der Waals surface area (Å²) in [6.45, 7) is 7.90. The predicted octanol–water partition coefficient (Wildman–Crippen LogP) is 3.95. The molecule has 2 heterocycles. The van der Waals surface area contributed by atoms with Crippen LogP contribution in [0, 0.1) is 5.92 Å². The first-order valence-corrected chi connectivity index (χ1v) is 6.51. The zero-order valence-electron chi connectivity index (χ0n) is 11.1. The molecule has 2 rings (SSSR count). The van der Waals surface area contributed by atoms with Crippen LogP contribution < -0.4 is 0 Å². The molecule has 0 aliphatic heterocycles. The third-order valence-electron chi connectivity index (χ3n) is 2.94. The van der Waals surface area contributed by atoms with Crippen molar-refractivity contribution in [3.63, 3.8) is 0 Å². The normalized spacial score (nSPS) is 11.7. The van der Waals surface area contributed by atoms with Crippen LogP contribution in [0.4, 0.5) is 0 Å². The number of rotatable bonds is 3. The summed E-state index contributed by atoms with van der Waals surface area (Å²) >= 11 is 5.96. The highest BCUT2D eigenvalue weighted by Crippen LogP contribution is 2.26. The fourth-order valence-corrected chi connectivity index (χ4v) is 2.14. The van der Waals surface area contributed by atoms with Gasteiger partial charge in [-0.15, -0.1) is 0 Å². The van der Waals surface area contributed by atoms with E-state index in [0.717, 1.165) is 16.8 Å². The van der Waals surface area contributed by atoms with Crippen LogP contribution >= 0.6 is 11.6 Å². The van der Waals surface area contributed by atoms with Gasteiger partial charge in [-0.1, -0.05) is 39.3 Å². The SMILES string of the molecule is CC(C)C(=O)c1c(C(C)C)nn2cc(Cl)ccc12. The van der Waals surface area contributed by atoms with Gasteiger partial charge in [-0.3, -0.25) is 4.79 Å². The molecule has 4 heteroatoms. The summed E-state index contributed by atoms with van der Waals surface area (Å²) in [4.78, 5) is 12.3. The first-order chi connectivity index (χ1) is 8.41. The molecule has 2 aromatic rings. The second-order valence-corrected chi connectivity index (χ2v) is 5.55. The molecular weight excluding hydrogens is 248 g/mol. The van der Waals surface area contributed by atoms with Gasteiger partial charge < -0.3 is 0 Å². The van der Waals surface area contributed by atoms with Crippen LogP contribution in [-0.2, 0) is 0 Å². The van der Waals surface area contributed by atoms with E-state index in [1.807, 2.05) is 33.8 Å². The minimum Gasteiger partial charge on any atom is -0.294 e. The number of Topliss-reactive ketones (excluding diaryl/α,β-unsaturated/α-hetero) is 1. The van der Waals surface area contributed by atoms with Gasteiger partial charge in [-0.2, -0.15) is 5.10 Å². The number of fused-ring (bicyclic) bond motifs is 1. The average Bonchev–Trinajstić information content (AvgIpc) is 2.66. The lowest BCUT2D eigenvalue weighted by atomic mass is 9.95. The van der Waals surface area contributed by atoms with Crippen molar-refractivity contribution in [3.05, 3.63) is 34.6 Å². The first-order valence-electron chi connectivity index (χ1n) is 6.13. The second-order valence-electron chi connectivity index (χ2n) is 5.11. The van der Waals surface area contributed by atoms with Gasteiger partial charge in [0.1, 0.15) is 0 Å². The number of hydrogen-bond acceptors (Lipinski definition) is 2. The minimum atomic E-state index is -0.0359. The molecule has 0 saturated carbocycles. The molecule has 0 aliphatic rings. The van der Waals surface area contributed by atoms with E-state index < -0.39 is 0 Å². The lowest BCUT2D eigenvalue weighted by Gasteiger charge is -2.07. The van der Waals surface area contributed by atoms with Crippen molar-refractivity contribution in [3.8, 4) is 0 Å². The van der Waals surface area contributed by atoms with Crippen molar-refractivity contribution >= 4 is 22.9 Å². The van der Waals surface area contributed by atoms with Crippen LogP contribution in [0.2, 0.25) is 5.02 Å². The van der Waals surface area contributed by atoms with E-state index in [9.17, 15) is 4.79 Å². The fraction of sp³-hybridized carbons (Fsp3) is 0.429. The number of halogens is 1. The molecule has 0 unspecified atom stereocenters. The zero-order chi connectivity index (χ0) is 13.4. The van der Waals surface area contributed by atoms with Crippen molar-refractivity contribution < 1.29 is 4.79 Å². The highest BCUT2D eigenvalue weighted by molar-refractivity contribution is 6.30. The van der Waals surface area contributed by atoms with Crippen molar-refractivity contribution in [2.24, 2.45) is 5.92 Å². The van der Waals surface area contributed by atoms with Gasteiger partial charge in [0.2, 0.25) is 0 Å². The molecule has 96 valence electrons. The minimum absolute atomic E-state index is 0.0359. The van der Waals surface area contributed by atoms with E-state index in [-0.39, 0.29) is 17.6 Å². The Bertz CT molecular complexity index is 599. The summed E-state index contributed by atoms with van der Waals surface area (Å²) < 4.78 is 1.70. The summed E-state index contributed by atoms with van der Waals surface area (Å²) in [5, 5.41) is 5.10. The van der Waals surface area contributed by atoms with Gasteiger partial charge in [0.15, 0.2) is 5.78 Å². The Morgan fingerprint density at radius 3 is 2.50 bits per heavy atom. The number of aromatic nitrogens is 2. The van der Waals surface area contributed by atoms with Crippen molar-refractivity contribution in [2.75, 3.05) is 0 Å². The quantitative estimate of drug-likeness (QED) is 0.787. The maximum atomic E-state index is 12.3. The number of hydrogen-bond donors (Lipinski definition) is 0. The summed E-state index contributed by atoms with van der Waals surface area (Å²) in [6.07, 6.45) is 1.74. The van der Waals surface area contributed by atoms with Gasteiger partial charge in [-0.25, -0.2) is 4.52 Å². The van der Waals surface area contributed by atoms with Gasteiger partial charge in [-0.05, 0) is 18.1 Å². The molecule has 0 atom stereocenters. The van der Waals surface area contributed by atoms with Crippen LogP contribution in [0.15, 0.2) is 18.3 Å². The molecule has 0 aromatic carbocycles. The number of pyridine rings is 1. The Balaban J connectivity index is 2.74. The monoisotopic (exact) mass is 264 g/mol. The number of carbonyl (C=O) groups excluding carboxylic acids is 1. The largest absolute Gasteiger partial charge is 0.294 e. The molecule has 0 amide bonds. The number of nitrogens with zero attached hydrogens (tertiary/aromatic N) is 2. The highest BCUT2D eigenvalue weighted by atomic mass is 35.5. The molecule has 0 saturated heterocycles. The second kappa shape index (κ2) is 4.73. The molecular formula is C14H17ClN2O. The molecule has 2 aromatic heterocycles. The Kier molecular flexibility index (Phi) is 3.44. The number of ketones is 1. The molecule has 3 nitrogen and oxygen atoms in total. The van der Waals surface area contributed by atoms with Gasteiger partial charge in [0.05, 0.1) is 21.8 Å². The zero-order valence-corrected chi connectivity index (χ0v) is 11.8. The van der Waals surface area contributed by atoms with Crippen molar-refractivity contribution in [1.82, 2.24) is 9.61 Å². The summed E-state index contributed by atoms with van der Waals surface area (Å²) in [6, 6.07) is 3.65. The van der Waals surface area contributed by atoms with E-state index >= 15 is 0 Å². The van der Waals surface area contributed by atoms with Crippen LogP contribution in [0.5, 0.6) is 0 Å². The lowest BCUT2D eigenvalue weighted by Crippen LogP contribution is -2.10. The standard InChI is InChI=1S/C14H17ClN2O/c1-8(2)13-12(14(18)9(3)4)11-6-5-10(15)7-17(11)16-13/h5-9H,1-4H3. The summed E-state index contributed by atoms with van der Waals surface area (Å²) in [7, 11) is 0. The number of carbonyl (C=O) groups is 1. The van der Waals surface area contributed by atoms with E-state index in [1.165, 1.54) is 0 Å². The Hall–Kier alpha value is -1.35. The lowest BCUT2D eigenvalue weighted by molar-refractivity contribution is 0.0939. The first kappa shape index (κ1) is 13.1. The van der Waals surface area contributed by atoms with E-state index in [2.05, 4.69) is 5.10 Å². The van der Waals surface area contributed by atoms with Crippen LogP contribution in [-0.4, -0.2) is 15.4 Å². The van der Waals surface area contributed by atoms with Crippen LogP contribution in [0.25, 0.3) is 5.52 Å². The van der Waals surface area contributed by atoms with Gasteiger partial charge in [0, 0.05) is 12.1 Å². The highest BCUT2D eigenvalue weighted by Gasteiger charge is 2.23. The molecule has 0 radical (unpaired) electrons. The Morgan fingerprint density at radius 1 is 1.28 bits per heavy atom. The third kappa shape index (κ3) is 2.15. The molecule has 0 N–H and O–H groups in total. The van der Waals surface area contributed by atoms with E-state index in [0.29, 0.717) is 5.02 Å². The van der Waals surface area contributed by atoms with Gasteiger partial charge in [0.25, 0.3) is 0 Å². The van der Waals surface area contributed by atoms with Crippen LogP contribution in [0.3, 0.4) is 0 Å². The summed E-state index contributed by atoms with van der Waals surface area (Å²) in [5.41, 5.74) is 2.41. The maximum absolute atomic E-state index is 12.3. The topological polar surface area (TPSA) is 34.4 Å². The van der Waals surface area contributed by atoms with Crippen molar-refractivity contribution in [2.45, 2.75) is 33.6 Å². The average molecular weight is 265 g/mol. The maximum Gasteiger partial charge on any atom is 0.169 e. The molecule has 0 fully saturated rings. The van der Waals surface area contributed by atoms with E-state index in [1.54, 1.807) is 16.8 Å². The van der Waals surface area contributed by atoms with E-state index in [4.69, 9.17) is 11.6 Å². The third-order valence-corrected chi connectivity index (χ3v) is 3.16. The summed E-state index contributed by atoms with van der Waals surface area (Å²) in [5.74, 6) is 0.309. The predicted molar refractivity (Wildman–Crippen MR) is 73.5 cm³/mol. The smallest absolute Gasteiger partial charge is 0.169 e. The Morgan fingerprint density at radius 2 is 1.94 bits per heavy atom. The van der Waals surface area contributed by atoms with Gasteiger partial charge >= 0.3 is 0 Å². The molecule has 18 heavy (non-hydrogen) atoms.